The fraction of sp³-hybridized carbons (Fsp3) is 0.256. The first-order valence-corrected chi connectivity index (χ1v) is 15.7. The number of fused-ring (bicyclic) bond motifs is 2. The number of hydrogen-bond donors (Lipinski definition) is 0. The number of rotatable bonds is 6. The minimum absolute atomic E-state index is 0.0189. The highest BCUT2D eigenvalue weighted by atomic mass is 19.1. The Labute approximate surface area is 271 Å². The summed E-state index contributed by atoms with van der Waals surface area (Å²) in [6.45, 7) is 15.8. The first-order chi connectivity index (χ1) is 22.3. The van der Waals surface area contributed by atoms with Gasteiger partial charge < -0.3 is 14.5 Å². The Morgan fingerprint density at radius 2 is 1.30 bits per heavy atom. The summed E-state index contributed by atoms with van der Waals surface area (Å²) in [4.78, 5) is 31.3. The van der Waals surface area contributed by atoms with Gasteiger partial charge in [0.25, 0.3) is 0 Å². The standard InChI is InChI=1S/C19H18FNO.C18H18N2O2.C2H6/c1-2-19(22)21-10-9-16-6-3-15(12-17(16)13-21)11-14-4-7-18(20)8-5-14;1-3-18(21)20-9-8-14-5-7-16(10-15(14)12-20)22-17-6-4-13(2)19-11-17;1-2/h2-8,12H,1,9-11,13H2;3-7,10-11H,1,8-9,12H2,2H3;1-2H3. The molecule has 6 rings (SSSR count). The molecule has 0 unspecified atom stereocenters. The number of ether oxygens (including phenoxy) is 1. The minimum Gasteiger partial charge on any atom is -0.456 e. The second kappa shape index (κ2) is 16.3. The van der Waals surface area contributed by atoms with Crippen molar-refractivity contribution in [2.75, 3.05) is 13.1 Å². The SMILES string of the molecule is C=CC(=O)N1CCc2ccc(Cc3ccc(F)cc3)cc2C1.C=CC(=O)N1CCc2ccc(Oc3ccc(C)nc3)cc2C1.CC. The Morgan fingerprint density at radius 1 is 0.761 bits per heavy atom. The highest BCUT2D eigenvalue weighted by molar-refractivity contribution is 5.87. The van der Waals surface area contributed by atoms with Crippen LogP contribution in [-0.2, 0) is 41.9 Å². The van der Waals surface area contributed by atoms with Gasteiger partial charge in [-0.2, -0.15) is 0 Å². The minimum atomic E-state index is -0.215. The van der Waals surface area contributed by atoms with Crippen LogP contribution in [0.5, 0.6) is 11.5 Å². The van der Waals surface area contributed by atoms with Crippen molar-refractivity contribution < 1.29 is 18.7 Å². The molecule has 0 bridgehead atoms. The van der Waals surface area contributed by atoms with Crippen molar-refractivity contribution in [2.45, 2.75) is 53.1 Å². The van der Waals surface area contributed by atoms with E-state index >= 15 is 0 Å². The Hall–Kier alpha value is -5.04. The number of carbonyl (C=O) groups is 2. The zero-order chi connectivity index (χ0) is 33.1. The first kappa shape index (κ1) is 33.8. The van der Waals surface area contributed by atoms with Gasteiger partial charge in [-0.15, -0.1) is 0 Å². The van der Waals surface area contributed by atoms with E-state index in [-0.39, 0.29) is 17.6 Å². The number of aryl methyl sites for hydroxylation is 1. The van der Waals surface area contributed by atoms with Gasteiger partial charge in [0.1, 0.15) is 17.3 Å². The number of aromatic nitrogens is 1. The first-order valence-electron chi connectivity index (χ1n) is 15.7. The molecule has 0 spiro atoms. The Balaban J connectivity index is 0.000000198. The Bertz CT molecular complexity index is 1540. The molecular weight excluding hydrogens is 577 g/mol. The molecule has 0 radical (unpaired) electrons. The third-order valence-electron chi connectivity index (χ3n) is 7.89. The Kier molecular flexibility index (Phi) is 12.0. The van der Waals surface area contributed by atoms with Gasteiger partial charge in [-0.05, 0) is 108 Å². The molecule has 2 aliphatic rings. The molecule has 3 aromatic carbocycles. The van der Waals surface area contributed by atoms with Crippen LogP contribution in [0.2, 0.25) is 0 Å². The van der Waals surface area contributed by atoms with Gasteiger partial charge >= 0.3 is 0 Å². The number of pyridine rings is 1. The third kappa shape index (κ3) is 9.00. The van der Waals surface area contributed by atoms with Crippen molar-refractivity contribution in [3.05, 3.63) is 149 Å². The van der Waals surface area contributed by atoms with Gasteiger partial charge in [0.15, 0.2) is 0 Å². The van der Waals surface area contributed by atoms with Crippen molar-refractivity contribution in [1.82, 2.24) is 14.8 Å². The van der Waals surface area contributed by atoms with Crippen LogP contribution in [0.25, 0.3) is 0 Å². The average Bonchev–Trinajstić information content (AvgIpc) is 3.10. The lowest BCUT2D eigenvalue weighted by molar-refractivity contribution is -0.127. The van der Waals surface area contributed by atoms with E-state index in [1.807, 2.05) is 62.1 Å². The lowest BCUT2D eigenvalue weighted by Gasteiger charge is -2.28. The van der Waals surface area contributed by atoms with Gasteiger partial charge in [-0.25, -0.2) is 4.39 Å². The fourth-order valence-corrected chi connectivity index (χ4v) is 5.44. The van der Waals surface area contributed by atoms with E-state index in [2.05, 4.69) is 42.4 Å². The summed E-state index contributed by atoms with van der Waals surface area (Å²) < 4.78 is 18.8. The molecule has 2 amide bonds. The zero-order valence-corrected chi connectivity index (χ0v) is 27.0. The molecule has 0 fully saturated rings. The van der Waals surface area contributed by atoms with E-state index in [4.69, 9.17) is 4.74 Å². The highest BCUT2D eigenvalue weighted by Gasteiger charge is 2.20. The molecule has 6 nitrogen and oxygen atoms in total. The molecule has 1 aromatic heterocycles. The van der Waals surface area contributed by atoms with Crippen molar-refractivity contribution in [1.29, 1.82) is 0 Å². The molecule has 46 heavy (non-hydrogen) atoms. The summed E-state index contributed by atoms with van der Waals surface area (Å²) in [7, 11) is 0. The molecule has 0 saturated carbocycles. The number of carbonyl (C=O) groups excluding carboxylic acids is 2. The van der Waals surface area contributed by atoms with Gasteiger partial charge in [-0.1, -0.05) is 63.4 Å². The maximum atomic E-state index is 13.0. The summed E-state index contributed by atoms with van der Waals surface area (Å²) in [6, 6.07) is 22.8. The lowest BCUT2D eigenvalue weighted by Crippen LogP contribution is -2.34. The van der Waals surface area contributed by atoms with E-state index in [1.54, 1.807) is 11.1 Å². The van der Waals surface area contributed by atoms with Crippen LogP contribution in [-0.4, -0.2) is 39.7 Å². The predicted octanol–water partition coefficient (Wildman–Crippen LogP) is 7.77. The second-order valence-corrected chi connectivity index (χ2v) is 11.0. The summed E-state index contributed by atoms with van der Waals surface area (Å²) in [5.74, 6) is 1.21. The third-order valence-corrected chi connectivity index (χ3v) is 7.89. The van der Waals surface area contributed by atoms with Gasteiger partial charge in [0.2, 0.25) is 11.8 Å². The molecule has 238 valence electrons. The zero-order valence-electron chi connectivity index (χ0n) is 27.0. The van der Waals surface area contributed by atoms with E-state index < -0.39 is 0 Å². The molecule has 3 heterocycles. The topological polar surface area (TPSA) is 62.7 Å². The normalized spacial score (nSPS) is 13.0. The van der Waals surface area contributed by atoms with Crippen LogP contribution in [0.4, 0.5) is 4.39 Å². The van der Waals surface area contributed by atoms with Crippen molar-refractivity contribution in [3.8, 4) is 11.5 Å². The number of halogens is 1. The van der Waals surface area contributed by atoms with Crippen LogP contribution >= 0.6 is 0 Å². The van der Waals surface area contributed by atoms with E-state index in [0.717, 1.165) is 54.9 Å². The van der Waals surface area contributed by atoms with Crippen LogP contribution in [0.1, 0.15) is 52.9 Å². The highest BCUT2D eigenvalue weighted by Crippen LogP contribution is 2.27. The van der Waals surface area contributed by atoms with Gasteiger partial charge in [0, 0.05) is 31.9 Å². The number of benzene rings is 3. The maximum absolute atomic E-state index is 13.0. The number of amides is 2. The summed E-state index contributed by atoms with van der Waals surface area (Å²) in [5.41, 5.74) is 8.10. The average molecular weight is 620 g/mol. The quantitative estimate of drug-likeness (QED) is 0.207. The van der Waals surface area contributed by atoms with E-state index in [9.17, 15) is 14.0 Å². The van der Waals surface area contributed by atoms with Crippen LogP contribution in [0.15, 0.2) is 104 Å². The largest absolute Gasteiger partial charge is 0.456 e. The summed E-state index contributed by atoms with van der Waals surface area (Å²) in [5, 5.41) is 0. The fourth-order valence-electron chi connectivity index (χ4n) is 5.44. The molecule has 4 aromatic rings. The van der Waals surface area contributed by atoms with Gasteiger partial charge in [-0.3, -0.25) is 14.6 Å². The Morgan fingerprint density at radius 3 is 1.87 bits per heavy atom. The number of nitrogens with zero attached hydrogens (tertiary/aromatic N) is 3. The lowest BCUT2D eigenvalue weighted by atomic mass is 9.95. The molecule has 2 aliphatic heterocycles. The second-order valence-electron chi connectivity index (χ2n) is 11.0. The molecular formula is C39H42FN3O3. The molecule has 7 heteroatoms. The van der Waals surface area contributed by atoms with Crippen LogP contribution in [0.3, 0.4) is 0 Å². The molecule has 0 N–H and O–H groups in total. The van der Waals surface area contributed by atoms with Crippen molar-refractivity contribution >= 4 is 11.8 Å². The molecule has 0 aliphatic carbocycles. The van der Waals surface area contributed by atoms with Crippen LogP contribution in [0, 0.1) is 12.7 Å². The van der Waals surface area contributed by atoms with E-state index in [1.165, 1.54) is 46.5 Å². The van der Waals surface area contributed by atoms with Gasteiger partial charge in [0.05, 0.1) is 6.20 Å². The van der Waals surface area contributed by atoms with Crippen molar-refractivity contribution in [2.24, 2.45) is 0 Å². The number of hydrogen-bond acceptors (Lipinski definition) is 4. The molecule has 0 atom stereocenters. The van der Waals surface area contributed by atoms with Crippen molar-refractivity contribution in [3.63, 3.8) is 0 Å². The summed E-state index contributed by atoms with van der Waals surface area (Å²) >= 11 is 0. The van der Waals surface area contributed by atoms with E-state index in [0.29, 0.717) is 18.8 Å². The maximum Gasteiger partial charge on any atom is 0.246 e. The monoisotopic (exact) mass is 619 g/mol. The smallest absolute Gasteiger partial charge is 0.246 e. The van der Waals surface area contributed by atoms with Crippen LogP contribution < -0.4 is 4.74 Å². The molecule has 0 saturated heterocycles. The summed E-state index contributed by atoms with van der Waals surface area (Å²) in [6.07, 6.45) is 6.95. The predicted molar refractivity (Wildman–Crippen MR) is 181 cm³/mol.